The van der Waals surface area contributed by atoms with E-state index in [1.807, 2.05) is 53.4 Å². The zero-order chi connectivity index (χ0) is 25.7. The van der Waals surface area contributed by atoms with Crippen molar-refractivity contribution in [2.45, 2.75) is 12.8 Å². The Labute approximate surface area is 214 Å². The summed E-state index contributed by atoms with van der Waals surface area (Å²) in [4.78, 5) is 20.6. The van der Waals surface area contributed by atoms with E-state index in [9.17, 15) is 10.1 Å². The Kier molecular flexibility index (Phi) is 7.93. The Morgan fingerprint density at radius 3 is 2.33 bits per heavy atom. The molecule has 0 saturated carbocycles. The van der Waals surface area contributed by atoms with Crippen LogP contribution in [0.1, 0.15) is 24.0 Å². The zero-order valence-corrected chi connectivity index (χ0v) is 21.8. The third-order valence-corrected chi connectivity index (χ3v) is 7.36. The molecule has 1 heterocycles. The van der Waals surface area contributed by atoms with E-state index in [1.165, 1.54) is 0 Å². The standard InChI is InChI=1S/C30H36N4O2/c1-30(22-31,29(35)34-20-18-33(19-21-34)17-16-32(2)3)28(26-13-7-8-15-27(26)36-4)25-14-9-11-23-10-5-6-12-24(23)25/h5-15,28H,16-21H2,1-4H3/t28-,30+/m0/s1. The minimum absolute atomic E-state index is 0.124. The lowest BCUT2D eigenvalue weighted by Crippen LogP contribution is -2.54. The Morgan fingerprint density at radius 2 is 1.64 bits per heavy atom. The number of hydrogen-bond acceptors (Lipinski definition) is 5. The van der Waals surface area contributed by atoms with Gasteiger partial charge >= 0.3 is 0 Å². The van der Waals surface area contributed by atoms with Crippen molar-refractivity contribution in [3.05, 3.63) is 77.9 Å². The molecule has 1 aliphatic heterocycles. The van der Waals surface area contributed by atoms with E-state index in [0.717, 1.165) is 48.1 Å². The Hall–Kier alpha value is -3.40. The third-order valence-electron chi connectivity index (χ3n) is 7.36. The zero-order valence-electron chi connectivity index (χ0n) is 21.8. The second kappa shape index (κ2) is 11.1. The topological polar surface area (TPSA) is 59.8 Å². The Bertz CT molecular complexity index is 1240. The molecule has 3 aromatic carbocycles. The van der Waals surface area contributed by atoms with Crippen molar-refractivity contribution in [1.82, 2.24) is 14.7 Å². The normalized spacial score (nSPS) is 16.9. The maximum atomic E-state index is 14.2. The molecule has 0 radical (unpaired) electrons. The number of para-hydroxylation sites is 1. The van der Waals surface area contributed by atoms with Gasteiger partial charge in [0, 0.05) is 50.7 Å². The summed E-state index contributed by atoms with van der Waals surface area (Å²) in [6.07, 6.45) is 0. The summed E-state index contributed by atoms with van der Waals surface area (Å²) in [5, 5.41) is 12.8. The fourth-order valence-electron chi connectivity index (χ4n) is 5.28. The van der Waals surface area contributed by atoms with E-state index >= 15 is 0 Å². The number of rotatable bonds is 8. The number of methoxy groups -OCH3 is 1. The number of fused-ring (bicyclic) bond motifs is 1. The van der Waals surface area contributed by atoms with Gasteiger partial charge in [-0.15, -0.1) is 0 Å². The highest BCUT2D eigenvalue weighted by atomic mass is 16.5. The maximum Gasteiger partial charge on any atom is 0.243 e. The highest BCUT2D eigenvalue weighted by Crippen LogP contribution is 2.47. The van der Waals surface area contributed by atoms with Crippen molar-refractivity contribution >= 4 is 16.7 Å². The first-order valence-corrected chi connectivity index (χ1v) is 12.6. The van der Waals surface area contributed by atoms with Crippen LogP contribution in [-0.4, -0.2) is 81.1 Å². The van der Waals surface area contributed by atoms with Crippen molar-refractivity contribution in [1.29, 1.82) is 5.26 Å². The molecular weight excluding hydrogens is 448 g/mol. The SMILES string of the molecule is COc1ccccc1[C@H](c1cccc2ccccc12)[C@@](C)(C#N)C(=O)N1CCN(CCN(C)C)CC1. The number of ether oxygens (including phenoxy) is 1. The van der Waals surface area contributed by atoms with Gasteiger partial charge in [0.1, 0.15) is 11.2 Å². The van der Waals surface area contributed by atoms with Crippen LogP contribution in [0.5, 0.6) is 5.75 Å². The highest BCUT2D eigenvalue weighted by molar-refractivity contribution is 5.91. The van der Waals surface area contributed by atoms with Crippen LogP contribution in [0, 0.1) is 16.7 Å². The summed E-state index contributed by atoms with van der Waals surface area (Å²) in [6.45, 7) is 6.64. The Balaban J connectivity index is 1.75. The molecule has 0 spiro atoms. The van der Waals surface area contributed by atoms with Gasteiger partial charge in [0.15, 0.2) is 0 Å². The van der Waals surface area contributed by atoms with Gasteiger partial charge in [-0.2, -0.15) is 5.26 Å². The monoisotopic (exact) mass is 484 g/mol. The first-order chi connectivity index (χ1) is 17.4. The van der Waals surface area contributed by atoms with Crippen molar-refractivity contribution in [2.24, 2.45) is 5.41 Å². The molecule has 6 nitrogen and oxygen atoms in total. The molecule has 0 aromatic heterocycles. The molecule has 188 valence electrons. The molecule has 4 rings (SSSR count). The lowest BCUT2D eigenvalue weighted by molar-refractivity contribution is -0.140. The molecule has 0 N–H and O–H groups in total. The van der Waals surface area contributed by atoms with E-state index in [-0.39, 0.29) is 5.91 Å². The number of amides is 1. The second-order valence-corrected chi connectivity index (χ2v) is 9.99. The first-order valence-electron chi connectivity index (χ1n) is 12.6. The minimum Gasteiger partial charge on any atom is -0.496 e. The fraction of sp³-hybridized carbons (Fsp3) is 0.400. The molecule has 1 fully saturated rings. The number of carbonyl (C=O) groups excluding carboxylic acids is 1. The number of likely N-dealkylation sites (N-methyl/N-ethyl adjacent to an activating group) is 1. The van der Waals surface area contributed by atoms with Gasteiger partial charge in [-0.1, -0.05) is 60.7 Å². The average molecular weight is 485 g/mol. The maximum absolute atomic E-state index is 14.2. The average Bonchev–Trinajstić information content (AvgIpc) is 2.92. The predicted molar refractivity (Wildman–Crippen MR) is 144 cm³/mol. The van der Waals surface area contributed by atoms with Crippen molar-refractivity contribution in [2.75, 3.05) is 60.5 Å². The van der Waals surface area contributed by atoms with E-state index in [2.05, 4.69) is 48.2 Å². The number of hydrogen-bond donors (Lipinski definition) is 0. The summed E-state index contributed by atoms with van der Waals surface area (Å²) in [6, 6.07) is 24.5. The van der Waals surface area contributed by atoms with Gasteiger partial charge < -0.3 is 14.5 Å². The van der Waals surface area contributed by atoms with Crippen LogP contribution < -0.4 is 4.74 Å². The van der Waals surface area contributed by atoms with Gasteiger partial charge in [-0.25, -0.2) is 0 Å². The largest absolute Gasteiger partial charge is 0.496 e. The number of piperazine rings is 1. The van der Waals surface area contributed by atoms with Gasteiger partial charge in [0.05, 0.1) is 13.2 Å². The Morgan fingerprint density at radius 1 is 1.00 bits per heavy atom. The molecule has 1 aliphatic rings. The lowest BCUT2D eigenvalue weighted by atomic mass is 9.68. The van der Waals surface area contributed by atoms with Gasteiger partial charge in [-0.05, 0) is 43.4 Å². The van der Waals surface area contributed by atoms with Crippen LogP contribution in [0.2, 0.25) is 0 Å². The van der Waals surface area contributed by atoms with Crippen LogP contribution in [0.3, 0.4) is 0 Å². The summed E-state index contributed by atoms with van der Waals surface area (Å²) in [5.41, 5.74) is 0.489. The number of carbonyl (C=O) groups is 1. The number of nitriles is 1. The number of benzene rings is 3. The molecule has 1 amide bonds. The van der Waals surface area contributed by atoms with Gasteiger partial charge in [-0.3, -0.25) is 9.69 Å². The first kappa shape index (κ1) is 25.7. The van der Waals surface area contributed by atoms with Crippen LogP contribution in [0.25, 0.3) is 10.8 Å². The summed E-state index contributed by atoms with van der Waals surface area (Å²) in [7, 11) is 5.78. The van der Waals surface area contributed by atoms with Gasteiger partial charge in [0.25, 0.3) is 0 Å². The minimum atomic E-state index is -1.31. The molecule has 0 aliphatic carbocycles. The van der Waals surface area contributed by atoms with Crippen molar-refractivity contribution in [3.63, 3.8) is 0 Å². The molecule has 0 bridgehead atoms. The molecular formula is C30H36N4O2. The van der Waals surface area contributed by atoms with Crippen LogP contribution >= 0.6 is 0 Å². The third kappa shape index (κ3) is 5.09. The molecule has 3 aromatic rings. The lowest BCUT2D eigenvalue weighted by Gasteiger charge is -2.40. The molecule has 6 heteroatoms. The molecule has 1 saturated heterocycles. The van der Waals surface area contributed by atoms with Crippen LogP contribution in [0.4, 0.5) is 0 Å². The van der Waals surface area contributed by atoms with Crippen molar-refractivity contribution in [3.8, 4) is 11.8 Å². The highest BCUT2D eigenvalue weighted by Gasteiger charge is 2.47. The second-order valence-electron chi connectivity index (χ2n) is 9.99. The summed E-state index contributed by atoms with van der Waals surface area (Å²) in [5.74, 6) is 0.0586. The van der Waals surface area contributed by atoms with E-state index in [1.54, 1.807) is 14.0 Å². The molecule has 0 unspecified atom stereocenters. The summed E-state index contributed by atoms with van der Waals surface area (Å²) < 4.78 is 5.74. The number of nitrogens with zero attached hydrogens (tertiary/aromatic N) is 4. The van der Waals surface area contributed by atoms with Crippen LogP contribution in [0.15, 0.2) is 66.7 Å². The van der Waals surface area contributed by atoms with Crippen molar-refractivity contribution < 1.29 is 9.53 Å². The van der Waals surface area contributed by atoms with E-state index < -0.39 is 11.3 Å². The molecule has 36 heavy (non-hydrogen) atoms. The smallest absolute Gasteiger partial charge is 0.243 e. The quantitative estimate of drug-likeness (QED) is 0.479. The summed E-state index contributed by atoms with van der Waals surface area (Å²) >= 11 is 0. The predicted octanol–water partition coefficient (Wildman–Crippen LogP) is 4.22. The fourth-order valence-corrected chi connectivity index (χ4v) is 5.28. The van der Waals surface area contributed by atoms with E-state index in [4.69, 9.17) is 4.74 Å². The van der Waals surface area contributed by atoms with E-state index in [0.29, 0.717) is 18.8 Å². The molecule has 2 atom stereocenters. The van der Waals surface area contributed by atoms with Crippen LogP contribution in [-0.2, 0) is 4.79 Å². The van der Waals surface area contributed by atoms with Gasteiger partial charge in [0.2, 0.25) is 5.91 Å².